The fourth-order valence-electron chi connectivity index (χ4n) is 2.91. The molecule has 10 heteroatoms. The molecule has 1 unspecified atom stereocenters. The molecule has 2 N–H and O–H groups in total. The first-order valence-electron chi connectivity index (χ1n) is 8.52. The molecular weight excluding hydrogens is 362 g/mol. The maximum Gasteiger partial charge on any atom is 0.332 e. The largest absolute Gasteiger partial charge is 1.00 e. The van der Waals surface area contributed by atoms with Crippen molar-refractivity contribution >= 4 is 11.2 Å². The fourth-order valence-corrected chi connectivity index (χ4v) is 2.91. The summed E-state index contributed by atoms with van der Waals surface area (Å²) in [6.45, 7) is 7.06. The van der Waals surface area contributed by atoms with Crippen LogP contribution in [0.5, 0.6) is 0 Å². The van der Waals surface area contributed by atoms with Gasteiger partial charge in [0.1, 0.15) is 25.1 Å². The number of halogens is 1. The number of aryl methyl sites for hydroxylation is 2. The van der Waals surface area contributed by atoms with Crippen molar-refractivity contribution in [3.63, 3.8) is 0 Å². The van der Waals surface area contributed by atoms with E-state index in [0.717, 1.165) is 17.7 Å². The molecule has 148 valence electrons. The highest BCUT2D eigenvalue weighted by Gasteiger charge is 2.18. The molecule has 0 saturated carbocycles. The number of nitrogens with zero attached hydrogens (tertiary/aromatic N) is 4. The molecule has 0 spiro atoms. The fraction of sp³-hybridized carbons (Fsp3) is 0.688. The van der Waals surface area contributed by atoms with Gasteiger partial charge in [-0.15, -0.1) is 0 Å². The lowest BCUT2D eigenvalue weighted by Gasteiger charge is -2.19. The Balaban J connectivity index is 0.00000338. The molecule has 2 aromatic rings. The molecule has 0 saturated heterocycles. The van der Waals surface area contributed by atoms with Crippen LogP contribution in [0, 0.1) is 0 Å². The first kappa shape index (κ1) is 22.4. The third kappa shape index (κ3) is 4.35. The lowest BCUT2D eigenvalue weighted by Crippen LogP contribution is -3.12. The first-order valence-corrected chi connectivity index (χ1v) is 8.52. The molecule has 0 bridgehead atoms. The topological polar surface area (TPSA) is 95.7 Å². The van der Waals surface area contributed by atoms with E-state index in [-0.39, 0.29) is 31.2 Å². The molecule has 0 fully saturated rings. The van der Waals surface area contributed by atoms with Crippen molar-refractivity contribution in [2.24, 2.45) is 21.1 Å². The molecule has 0 aliphatic rings. The molecule has 2 aromatic heterocycles. The van der Waals surface area contributed by atoms with Gasteiger partial charge in [-0.05, 0) is 13.8 Å². The van der Waals surface area contributed by atoms with Gasteiger partial charge in [0.05, 0.1) is 19.7 Å². The molecule has 1 atom stereocenters. The van der Waals surface area contributed by atoms with Crippen LogP contribution < -0.4 is 28.6 Å². The van der Waals surface area contributed by atoms with Gasteiger partial charge in [-0.2, -0.15) is 0 Å². The Morgan fingerprint density at radius 2 is 1.73 bits per heavy atom. The SMILES string of the molecule is CC[NH+](CC)CC(O)COCc1nc2c(c(=O)n(C)c(=O)n2C)n1C.[Cl-]. The van der Waals surface area contributed by atoms with Crippen LogP contribution in [0.3, 0.4) is 0 Å². The summed E-state index contributed by atoms with van der Waals surface area (Å²) in [5, 5.41) is 10.1. The van der Waals surface area contributed by atoms with Crippen molar-refractivity contribution in [3.8, 4) is 0 Å². The van der Waals surface area contributed by atoms with Crippen molar-refractivity contribution in [1.29, 1.82) is 0 Å². The highest BCUT2D eigenvalue weighted by molar-refractivity contribution is 5.70. The van der Waals surface area contributed by atoms with Crippen molar-refractivity contribution < 1.29 is 27.2 Å². The summed E-state index contributed by atoms with van der Waals surface area (Å²) in [7, 11) is 4.74. The van der Waals surface area contributed by atoms with Crippen LogP contribution in [-0.4, -0.2) is 56.1 Å². The Morgan fingerprint density at radius 1 is 1.12 bits per heavy atom. The number of hydrogen-bond acceptors (Lipinski definition) is 5. The number of aromatic nitrogens is 4. The van der Waals surface area contributed by atoms with E-state index < -0.39 is 11.8 Å². The average Bonchev–Trinajstić information content (AvgIpc) is 2.93. The molecular formula is C16H28ClN5O4. The number of aliphatic hydroxyl groups excluding tert-OH is 1. The van der Waals surface area contributed by atoms with Crippen LogP contribution in [0.1, 0.15) is 19.7 Å². The van der Waals surface area contributed by atoms with Crippen molar-refractivity contribution in [3.05, 3.63) is 26.7 Å². The quantitative estimate of drug-likeness (QED) is 0.470. The predicted octanol–water partition coefficient (Wildman–Crippen LogP) is -5.22. The second-order valence-electron chi connectivity index (χ2n) is 6.30. The highest BCUT2D eigenvalue weighted by Crippen LogP contribution is 2.09. The van der Waals surface area contributed by atoms with Crippen LogP contribution in [0.2, 0.25) is 0 Å². The number of imidazole rings is 1. The smallest absolute Gasteiger partial charge is 0.332 e. The zero-order valence-electron chi connectivity index (χ0n) is 16.0. The number of ether oxygens (including phenoxy) is 1. The summed E-state index contributed by atoms with van der Waals surface area (Å²) >= 11 is 0. The third-order valence-corrected chi connectivity index (χ3v) is 4.63. The summed E-state index contributed by atoms with van der Waals surface area (Å²) in [6, 6.07) is 0. The maximum absolute atomic E-state index is 12.3. The molecule has 0 aliphatic carbocycles. The molecule has 9 nitrogen and oxygen atoms in total. The van der Waals surface area contributed by atoms with Crippen LogP contribution >= 0.6 is 0 Å². The van der Waals surface area contributed by atoms with Crippen LogP contribution in [0.15, 0.2) is 9.59 Å². The highest BCUT2D eigenvalue weighted by atomic mass is 35.5. The minimum atomic E-state index is -0.554. The standard InChI is InChI=1S/C16H27N5O4.ClH/c1-6-21(7-2)8-11(22)9-25-10-12-17-14-13(18(12)3)15(23)20(5)16(24)19(14)4;/h11,22H,6-10H2,1-5H3;1H. The van der Waals surface area contributed by atoms with E-state index in [1.807, 2.05) is 0 Å². The first-order chi connectivity index (χ1) is 11.8. The molecule has 26 heavy (non-hydrogen) atoms. The summed E-state index contributed by atoms with van der Waals surface area (Å²) in [6.07, 6.45) is -0.554. The van der Waals surface area contributed by atoms with Gasteiger partial charge in [0.15, 0.2) is 11.2 Å². The van der Waals surface area contributed by atoms with Crippen LogP contribution in [-0.2, 0) is 32.5 Å². The van der Waals surface area contributed by atoms with E-state index >= 15 is 0 Å². The number of nitrogens with one attached hydrogen (secondary N) is 1. The zero-order chi connectivity index (χ0) is 18.7. The minimum Gasteiger partial charge on any atom is -1.00 e. The Hall–Kier alpha value is -1.68. The number of hydrogen-bond donors (Lipinski definition) is 2. The summed E-state index contributed by atoms with van der Waals surface area (Å²) in [5.74, 6) is 0.538. The second-order valence-corrected chi connectivity index (χ2v) is 6.30. The van der Waals surface area contributed by atoms with Crippen LogP contribution in [0.4, 0.5) is 0 Å². The van der Waals surface area contributed by atoms with E-state index in [4.69, 9.17) is 4.74 Å². The van der Waals surface area contributed by atoms with Crippen molar-refractivity contribution in [2.45, 2.75) is 26.6 Å². The number of fused-ring (bicyclic) bond motifs is 1. The van der Waals surface area contributed by atoms with E-state index in [1.165, 1.54) is 16.5 Å². The Labute approximate surface area is 158 Å². The third-order valence-electron chi connectivity index (χ3n) is 4.63. The number of likely N-dealkylation sites (N-methyl/N-ethyl adjacent to an activating group) is 1. The zero-order valence-corrected chi connectivity index (χ0v) is 16.7. The van der Waals surface area contributed by atoms with Gasteiger partial charge in [-0.25, -0.2) is 9.78 Å². The predicted molar refractivity (Wildman–Crippen MR) is 93.8 cm³/mol. The van der Waals surface area contributed by atoms with Gasteiger partial charge in [0.25, 0.3) is 5.56 Å². The molecule has 0 amide bonds. The van der Waals surface area contributed by atoms with E-state index in [2.05, 4.69) is 18.8 Å². The lowest BCUT2D eigenvalue weighted by atomic mass is 10.3. The van der Waals surface area contributed by atoms with Gasteiger partial charge in [-0.1, -0.05) is 0 Å². The molecule has 0 aromatic carbocycles. The van der Waals surface area contributed by atoms with Gasteiger partial charge < -0.3 is 31.7 Å². The van der Waals surface area contributed by atoms with Crippen molar-refractivity contribution in [2.75, 3.05) is 26.2 Å². The molecule has 2 heterocycles. The van der Waals surface area contributed by atoms with E-state index in [0.29, 0.717) is 23.5 Å². The monoisotopic (exact) mass is 389 g/mol. The normalized spacial score (nSPS) is 12.6. The number of rotatable bonds is 8. The van der Waals surface area contributed by atoms with E-state index in [9.17, 15) is 14.7 Å². The number of quaternary nitrogens is 1. The van der Waals surface area contributed by atoms with Gasteiger partial charge in [0.2, 0.25) is 0 Å². The average molecular weight is 390 g/mol. The van der Waals surface area contributed by atoms with Crippen molar-refractivity contribution in [1.82, 2.24) is 18.7 Å². The van der Waals surface area contributed by atoms with Crippen LogP contribution in [0.25, 0.3) is 11.2 Å². The van der Waals surface area contributed by atoms with Gasteiger partial charge in [-0.3, -0.25) is 13.9 Å². The Bertz CT molecular complexity index is 853. The summed E-state index contributed by atoms with van der Waals surface area (Å²) in [4.78, 5) is 30.0. The molecule has 0 aliphatic heterocycles. The van der Waals surface area contributed by atoms with E-state index in [1.54, 1.807) is 18.7 Å². The summed E-state index contributed by atoms with van der Waals surface area (Å²) < 4.78 is 9.62. The minimum absolute atomic E-state index is 0. The Kier molecular flexibility index (Phi) is 8.01. The molecule has 2 rings (SSSR count). The number of aliphatic hydroxyl groups is 1. The molecule has 0 radical (unpaired) electrons. The second kappa shape index (κ2) is 9.31. The maximum atomic E-state index is 12.3. The Morgan fingerprint density at radius 3 is 2.31 bits per heavy atom. The lowest BCUT2D eigenvalue weighted by molar-refractivity contribution is -0.899. The van der Waals surface area contributed by atoms with Gasteiger partial charge in [0, 0.05) is 21.1 Å². The summed E-state index contributed by atoms with van der Waals surface area (Å²) in [5.41, 5.74) is -0.108. The van der Waals surface area contributed by atoms with Gasteiger partial charge >= 0.3 is 5.69 Å².